The lowest BCUT2D eigenvalue weighted by Gasteiger charge is -2.08. The van der Waals surface area contributed by atoms with Gasteiger partial charge in [0.2, 0.25) is 0 Å². The van der Waals surface area contributed by atoms with Crippen LogP contribution in [0.1, 0.15) is 0 Å². The van der Waals surface area contributed by atoms with Crippen molar-refractivity contribution >= 4 is 66.1 Å². The number of halogens is 1. The Morgan fingerprint density at radius 2 is 1.27 bits per heavy atom. The quantitative estimate of drug-likeness (QED) is 0.234. The van der Waals surface area contributed by atoms with Crippen LogP contribution in [0.5, 0.6) is 0 Å². The molecule has 2 heterocycles. The van der Waals surface area contributed by atoms with Gasteiger partial charge in [-0.25, -0.2) is 0 Å². The molecule has 0 bridgehead atoms. The molecule has 6 aromatic carbocycles. The summed E-state index contributed by atoms with van der Waals surface area (Å²) in [6.07, 6.45) is 0. The number of aromatic nitrogens is 1. The van der Waals surface area contributed by atoms with Gasteiger partial charge in [0.05, 0.1) is 11.0 Å². The summed E-state index contributed by atoms with van der Waals surface area (Å²) in [6, 6.07) is 42.6. The molecule has 0 saturated carbocycles. The fourth-order valence-corrected chi connectivity index (χ4v) is 5.88. The van der Waals surface area contributed by atoms with Gasteiger partial charge in [0, 0.05) is 37.6 Å². The molecule has 0 spiro atoms. The SMILES string of the molecule is Clc1ccc2c3cc(-c4ccc5oc6c7ccccc7ccc6c5c4)ccc3n(-c3ccccc3)c2c1. The Hall–Kier alpha value is -4.53. The summed E-state index contributed by atoms with van der Waals surface area (Å²) >= 11 is 6.44. The highest BCUT2D eigenvalue weighted by atomic mass is 35.5. The predicted molar refractivity (Wildman–Crippen MR) is 156 cm³/mol. The maximum absolute atomic E-state index is 6.44. The first kappa shape index (κ1) is 20.6. The lowest BCUT2D eigenvalue weighted by molar-refractivity contribution is 0.672. The van der Waals surface area contributed by atoms with Gasteiger partial charge in [0.25, 0.3) is 0 Å². The molecule has 37 heavy (non-hydrogen) atoms. The van der Waals surface area contributed by atoms with Crippen molar-refractivity contribution in [2.45, 2.75) is 0 Å². The first-order valence-corrected chi connectivity index (χ1v) is 12.8. The minimum Gasteiger partial charge on any atom is -0.455 e. The van der Waals surface area contributed by atoms with Crippen LogP contribution >= 0.6 is 11.6 Å². The zero-order valence-electron chi connectivity index (χ0n) is 19.8. The average molecular weight is 494 g/mol. The third kappa shape index (κ3) is 3.06. The highest BCUT2D eigenvalue weighted by Crippen LogP contribution is 2.39. The van der Waals surface area contributed by atoms with E-state index in [0.29, 0.717) is 0 Å². The molecule has 174 valence electrons. The molecule has 0 fully saturated rings. The van der Waals surface area contributed by atoms with Crippen molar-refractivity contribution in [1.82, 2.24) is 4.57 Å². The van der Waals surface area contributed by atoms with E-state index < -0.39 is 0 Å². The number of benzene rings is 6. The van der Waals surface area contributed by atoms with Gasteiger partial charge in [-0.1, -0.05) is 78.3 Å². The number of hydrogen-bond acceptors (Lipinski definition) is 1. The first-order chi connectivity index (χ1) is 18.2. The summed E-state index contributed by atoms with van der Waals surface area (Å²) in [5.41, 5.74) is 7.58. The summed E-state index contributed by atoms with van der Waals surface area (Å²) in [7, 11) is 0. The van der Waals surface area contributed by atoms with Gasteiger partial charge < -0.3 is 8.98 Å². The van der Waals surface area contributed by atoms with E-state index >= 15 is 0 Å². The van der Waals surface area contributed by atoms with Crippen molar-refractivity contribution < 1.29 is 4.42 Å². The van der Waals surface area contributed by atoms with Crippen molar-refractivity contribution in [2.24, 2.45) is 0 Å². The molecule has 0 atom stereocenters. The molecule has 0 aliphatic heterocycles. The number of fused-ring (bicyclic) bond motifs is 8. The third-order valence-corrected chi connectivity index (χ3v) is 7.67. The number of hydrogen-bond donors (Lipinski definition) is 0. The third-order valence-electron chi connectivity index (χ3n) is 7.44. The molecule has 8 aromatic rings. The van der Waals surface area contributed by atoms with E-state index in [4.69, 9.17) is 16.0 Å². The van der Waals surface area contributed by atoms with Gasteiger partial charge >= 0.3 is 0 Å². The van der Waals surface area contributed by atoms with E-state index in [2.05, 4.69) is 114 Å². The first-order valence-electron chi connectivity index (χ1n) is 12.4. The van der Waals surface area contributed by atoms with E-state index in [1.54, 1.807) is 0 Å². The molecule has 0 amide bonds. The Balaban J connectivity index is 1.36. The molecule has 8 rings (SSSR count). The average Bonchev–Trinajstić information content (AvgIpc) is 3.48. The molecule has 0 saturated heterocycles. The second kappa shape index (κ2) is 7.73. The molecule has 0 N–H and O–H groups in total. The van der Waals surface area contributed by atoms with Crippen molar-refractivity contribution in [2.75, 3.05) is 0 Å². The fourth-order valence-electron chi connectivity index (χ4n) is 5.71. The second-order valence-electron chi connectivity index (χ2n) is 9.54. The highest BCUT2D eigenvalue weighted by molar-refractivity contribution is 6.31. The normalized spacial score (nSPS) is 11.9. The fraction of sp³-hybridized carbons (Fsp3) is 0. The molecular weight excluding hydrogens is 474 g/mol. The monoisotopic (exact) mass is 493 g/mol. The van der Waals surface area contributed by atoms with E-state index in [1.807, 2.05) is 12.1 Å². The van der Waals surface area contributed by atoms with Gasteiger partial charge in [-0.3, -0.25) is 0 Å². The van der Waals surface area contributed by atoms with Crippen LogP contribution in [0.25, 0.3) is 71.3 Å². The molecule has 0 unspecified atom stereocenters. The molecular formula is C34H20ClNO. The van der Waals surface area contributed by atoms with Crippen LogP contribution in [0.4, 0.5) is 0 Å². The summed E-state index contributed by atoms with van der Waals surface area (Å²) in [5, 5.41) is 7.74. The zero-order chi connectivity index (χ0) is 24.5. The number of para-hydroxylation sites is 1. The second-order valence-corrected chi connectivity index (χ2v) is 9.98. The maximum atomic E-state index is 6.44. The largest absolute Gasteiger partial charge is 0.455 e. The smallest absolute Gasteiger partial charge is 0.143 e. The van der Waals surface area contributed by atoms with Crippen LogP contribution in [0.15, 0.2) is 126 Å². The van der Waals surface area contributed by atoms with Crippen molar-refractivity contribution in [1.29, 1.82) is 0 Å². The van der Waals surface area contributed by atoms with Gasteiger partial charge in [-0.2, -0.15) is 0 Å². The number of rotatable bonds is 2. The lowest BCUT2D eigenvalue weighted by atomic mass is 10.00. The zero-order valence-corrected chi connectivity index (χ0v) is 20.5. The van der Waals surface area contributed by atoms with Crippen molar-refractivity contribution in [3.05, 3.63) is 126 Å². The standard InChI is InChI=1S/C34H20ClNO/c35-24-13-15-27-29-18-22(11-16-31(29)36(32(27)20-24)25-7-2-1-3-8-25)23-12-17-33-30(19-23)28-14-10-21-6-4-5-9-26(21)34(28)37-33/h1-20H. The Morgan fingerprint density at radius 1 is 0.514 bits per heavy atom. The van der Waals surface area contributed by atoms with Crippen molar-refractivity contribution in [3.63, 3.8) is 0 Å². The van der Waals surface area contributed by atoms with E-state index in [9.17, 15) is 0 Å². The van der Waals surface area contributed by atoms with Crippen LogP contribution in [0, 0.1) is 0 Å². The van der Waals surface area contributed by atoms with E-state index in [-0.39, 0.29) is 0 Å². The Kier molecular flexibility index (Phi) is 4.31. The van der Waals surface area contributed by atoms with Crippen LogP contribution in [-0.2, 0) is 0 Å². The number of nitrogens with zero attached hydrogens (tertiary/aromatic N) is 1. The summed E-state index contributed by atoms with van der Waals surface area (Å²) < 4.78 is 8.62. The van der Waals surface area contributed by atoms with Crippen LogP contribution in [-0.4, -0.2) is 4.57 Å². The van der Waals surface area contributed by atoms with Gasteiger partial charge in [-0.15, -0.1) is 0 Å². The summed E-state index contributed by atoms with van der Waals surface area (Å²) in [5.74, 6) is 0. The number of furan rings is 1. The van der Waals surface area contributed by atoms with Gasteiger partial charge in [0.15, 0.2) is 0 Å². The van der Waals surface area contributed by atoms with Crippen LogP contribution in [0.2, 0.25) is 5.02 Å². The highest BCUT2D eigenvalue weighted by Gasteiger charge is 2.15. The van der Waals surface area contributed by atoms with Gasteiger partial charge in [0.1, 0.15) is 11.2 Å². The molecule has 0 aliphatic carbocycles. The molecule has 0 radical (unpaired) electrons. The summed E-state index contributed by atoms with van der Waals surface area (Å²) in [6.45, 7) is 0. The Morgan fingerprint density at radius 3 is 2.16 bits per heavy atom. The lowest BCUT2D eigenvalue weighted by Crippen LogP contribution is -1.93. The predicted octanol–water partition coefficient (Wildman–Crippen LogP) is 10.2. The molecule has 2 nitrogen and oxygen atoms in total. The summed E-state index contributed by atoms with van der Waals surface area (Å²) in [4.78, 5) is 0. The Bertz CT molecular complexity index is 2150. The molecule has 2 aromatic heterocycles. The van der Waals surface area contributed by atoms with Crippen molar-refractivity contribution in [3.8, 4) is 16.8 Å². The Labute approximate surface area is 217 Å². The van der Waals surface area contributed by atoms with E-state index in [1.165, 1.54) is 27.3 Å². The minimum absolute atomic E-state index is 0.734. The molecule has 0 aliphatic rings. The molecule has 3 heteroatoms. The minimum atomic E-state index is 0.734. The van der Waals surface area contributed by atoms with Gasteiger partial charge in [-0.05, 0) is 71.1 Å². The maximum Gasteiger partial charge on any atom is 0.143 e. The van der Waals surface area contributed by atoms with Crippen LogP contribution < -0.4 is 0 Å². The topological polar surface area (TPSA) is 18.1 Å². The van der Waals surface area contributed by atoms with E-state index in [0.717, 1.165) is 49.1 Å². The van der Waals surface area contributed by atoms with Crippen LogP contribution in [0.3, 0.4) is 0 Å².